The van der Waals surface area contributed by atoms with E-state index in [1.807, 2.05) is 60.0 Å². The summed E-state index contributed by atoms with van der Waals surface area (Å²) in [6.07, 6.45) is 0.893. The number of amides is 2. The predicted molar refractivity (Wildman–Crippen MR) is 140 cm³/mol. The number of aryl methyl sites for hydroxylation is 1. The lowest BCUT2D eigenvalue weighted by atomic mass is 9.93. The molecule has 0 bridgehead atoms. The summed E-state index contributed by atoms with van der Waals surface area (Å²) in [6.45, 7) is 4.45. The van der Waals surface area contributed by atoms with E-state index >= 15 is 0 Å². The van der Waals surface area contributed by atoms with Crippen molar-refractivity contribution >= 4 is 40.4 Å². The topological polar surface area (TPSA) is 67.2 Å². The van der Waals surface area contributed by atoms with Crippen LogP contribution in [0.2, 0.25) is 5.02 Å². The fourth-order valence-corrected chi connectivity index (χ4v) is 5.19. The van der Waals surface area contributed by atoms with E-state index < -0.39 is 5.54 Å². The van der Waals surface area contributed by atoms with Gasteiger partial charge in [-0.15, -0.1) is 11.3 Å². The van der Waals surface area contributed by atoms with E-state index in [1.54, 1.807) is 40.0 Å². The number of benzene rings is 2. The third-order valence-electron chi connectivity index (χ3n) is 6.39. The number of rotatable bonds is 6. The first-order chi connectivity index (χ1) is 16.9. The maximum absolute atomic E-state index is 13.9. The van der Waals surface area contributed by atoms with Crippen molar-refractivity contribution in [3.63, 3.8) is 0 Å². The Balaban J connectivity index is 1.52. The van der Waals surface area contributed by atoms with E-state index in [0.29, 0.717) is 22.9 Å². The monoisotopic (exact) mass is 504 g/mol. The van der Waals surface area contributed by atoms with Crippen molar-refractivity contribution in [1.29, 1.82) is 0 Å². The normalized spacial score (nSPS) is 17.3. The van der Waals surface area contributed by atoms with Gasteiger partial charge in [-0.25, -0.2) is 0 Å². The standard InChI is InChI=1S/C27H25ClN4O2S/c1-3-18-8-12-21(13-9-18)32-25(33)23-15-22(24-5-4-14-35-24)30-31(23)17-27(32,2)26(34)29-16-19-6-10-20(28)11-7-19/h4-15H,3,16-17H2,1-2H3,(H,29,34). The van der Waals surface area contributed by atoms with E-state index in [9.17, 15) is 9.59 Å². The molecule has 0 saturated carbocycles. The number of fused-ring (bicyclic) bond motifs is 1. The Bertz CT molecular complexity index is 1360. The highest BCUT2D eigenvalue weighted by Gasteiger charge is 2.48. The summed E-state index contributed by atoms with van der Waals surface area (Å²) in [5, 5.41) is 10.3. The fourth-order valence-electron chi connectivity index (χ4n) is 4.39. The summed E-state index contributed by atoms with van der Waals surface area (Å²) in [6, 6.07) is 20.9. The van der Waals surface area contributed by atoms with Gasteiger partial charge in [-0.05, 0) is 66.2 Å². The molecule has 0 saturated heterocycles. The quantitative estimate of drug-likeness (QED) is 0.373. The number of nitrogens with zero attached hydrogens (tertiary/aromatic N) is 3. The lowest BCUT2D eigenvalue weighted by Gasteiger charge is -2.43. The lowest BCUT2D eigenvalue weighted by molar-refractivity contribution is -0.126. The average Bonchev–Trinajstić information content (AvgIpc) is 3.54. The highest BCUT2D eigenvalue weighted by atomic mass is 35.5. The zero-order valence-electron chi connectivity index (χ0n) is 19.5. The van der Waals surface area contributed by atoms with Gasteiger partial charge in [0.15, 0.2) is 0 Å². The molecule has 1 aliphatic heterocycles. The molecule has 3 heterocycles. The summed E-state index contributed by atoms with van der Waals surface area (Å²) >= 11 is 7.55. The van der Waals surface area contributed by atoms with Crippen LogP contribution in [0.4, 0.5) is 5.69 Å². The van der Waals surface area contributed by atoms with E-state index in [-0.39, 0.29) is 18.4 Å². The number of hydrogen-bond donors (Lipinski definition) is 1. The molecule has 1 unspecified atom stereocenters. The van der Waals surface area contributed by atoms with Crippen LogP contribution >= 0.6 is 22.9 Å². The first-order valence-electron chi connectivity index (χ1n) is 11.5. The Morgan fingerprint density at radius 2 is 1.83 bits per heavy atom. The van der Waals surface area contributed by atoms with Gasteiger partial charge < -0.3 is 5.32 Å². The fraction of sp³-hybridized carbons (Fsp3) is 0.222. The third kappa shape index (κ3) is 4.37. The van der Waals surface area contributed by atoms with Gasteiger partial charge in [-0.3, -0.25) is 19.2 Å². The second-order valence-corrected chi connectivity index (χ2v) is 10.2. The van der Waals surface area contributed by atoms with Crippen molar-refractivity contribution in [2.75, 3.05) is 4.90 Å². The molecule has 1 atom stereocenters. The lowest BCUT2D eigenvalue weighted by Crippen LogP contribution is -2.64. The average molecular weight is 505 g/mol. The molecule has 1 aliphatic rings. The van der Waals surface area contributed by atoms with Gasteiger partial charge in [-0.1, -0.05) is 48.9 Å². The van der Waals surface area contributed by atoms with Crippen molar-refractivity contribution in [1.82, 2.24) is 15.1 Å². The first kappa shape index (κ1) is 23.3. The Hall–Kier alpha value is -3.42. The van der Waals surface area contributed by atoms with Crippen LogP contribution in [0.3, 0.4) is 0 Å². The Kier molecular flexibility index (Phi) is 6.21. The molecular formula is C27H25ClN4O2S. The van der Waals surface area contributed by atoms with Crippen LogP contribution in [0.1, 0.15) is 35.5 Å². The summed E-state index contributed by atoms with van der Waals surface area (Å²) in [4.78, 5) is 30.1. The van der Waals surface area contributed by atoms with Gasteiger partial charge >= 0.3 is 0 Å². The molecule has 2 aromatic heterocycles. The minimum absolute atomic E-state index is 0.238. The van der Waals surface area contributed by atoms with Gasteiger partial charge in [0, 0.05) is 17.3 Å². The smallest absolute Gasteiger partial charge is 0.277 e. The second-order valence-electron chi connectivity index (χ2n) is 8.79. The van der Waals surface area contributed by atoms with Crippen LogP contribution < -0.4 is 10.2 Å². The van der Waals surface area contributed by atoms with Crippen molar-refractivity contribution in [3.05, 3.63) is 94.0 Å². The molecule has 35 heavy (non-hydrogen) atoms. The third-order valence-corrected chi connectivity index (χ3v) is 7.53. The largest absolute Gasteiger partial charge is 0.350 e. The van der Waals surface area contributed by atoms with Crippen LogP contribution in [0.15, 0.2) is 72.1 Å². The molecule has 2 amide bonds. The number of nitrogens with one attached hydrogen (secondary N) is 1. The minimum atomic E-state index is -1.18. The summed E-state index contributed by atoms with van der Waals surface area (Å²) in [5.41, 5.74) is 2.79. The van der Waals surface area contributed by atoms with Crippen LogP contribution in [0, 0.1) is 0 Å². The maximum atomic E-state index is 13.9. The first-order valence-corrected chi connectivity index (χ1v) is 12.7. The minimum Gasteiger partial charge on any atom is -0.350 e. The highest BCUT2D eigenvalue weighted by Crippen LogP contribution is 2.35. The van der Waals surface area contributed by atoms with Crippen molar-refractivity contribution in [2.24, 2.45) is 0 Å². The molecule has 0 aliphatic carbocycles. The Labute approximate surface area is 213 Å². The van der Waals surface area contributed by atoms with Crippen molar-refractivity contribution in [3.8, 4) is 10.6 Å². The highest BCUT2D eigenvalue weighted by molar-refractivity contribution is 7.13. The van der Waals surface area contributed by atoms with E-state index in [4.69, 9.17) is 11.6 Å². The molecule has 6 nitrogen and oxygen atoms in total. The van der Waals surface area contributed by atoms with Gasteiger partial charge in [0.05, 0.1) is 11.4 Å². The van der Waals surface area contributed by atoms with Crippen LogP contribution in [0.5, 0.6) is 0 Å². The summed E-state index contributed by atoms with van der Waals surface area (Å²) < 4.78 is 1.66. The Morgan fingerprint density at radius 1 is 1.11 bits per heavy atom. The van der Waals surface area contributed by atoms with Gasteiger partial charge in [-0.2, -0.15) is 5.10 Å². The molecule has 178 valence electrons. The number of thiophene rings is 1. The van der Waals surface area contributed by atoms with Crippen LogP contribution in [-0.2, 0) is 24.3 Å². The maximum Gasteiger partial charge on any atom is 0.277 e. The number of carbonyl (C=O) groups is 2. The van der Waals surface area contributed by atoms with E-state index in [2.05, 4.69) is 17.3 Å². The van der Waals surface area contributed by atoms with Gasteiger partial charge in [0.25, 0.3) is 5.91 Å². The number of carbonyl (C=O) groups excluding carboxylic acids is 2. The molecule has 5 rings (SSSR count). The SMILES string of the molecule is CCc1ccc(N2C(=O)c3cc(-c4cccs4)nn3CC2(C)C(=O)NCc2ccc(Cl)cc2)cc1. The molecule has 0 spiro atoms. The molecule has 0 radical (unpaired) electrons. The number of aromatic nitrogens is 2. The molecule has 1 N–H and O–H groups in total. The molecule has 0 fully saturated rings. The number of halogens is 1. The predicted octanol–water partition coefficient (Wildman–Crippen LogP) is 5.56. The zero-order valence-corrected chi connectivity index (χ0v) is 21.1. The van der Waals surface area contributed by atoms with Gasteiger partial charge in [0.1, 0.15) is 16.9 Å². The van der Waals surface area contributed by atoms with Gasteiger partial charge in [0.2, 0.25) is 5.91 Å². The van der Waals surface area contributed by atoms with E-state index in [0.717, 1.165) is 28.1 Å². The van der Waals surface area contributed by atoms with E-state index in [1.165, 1.54) is 0 Å². The number of hydrogen-bond acceptors (Lipinski definition) is 4. The molecule has 2 aromatic carbocycles. The molecular weight excluding hydrogens is 480 g/mol. The van der Waals surface area contributed by atoms with Crippen molar-refractivity contribution in [2.45, 2.75) is 38.9 Å². The molecule has 4 aromatic rings. The second kappa shape index (κ2) is 9.32. The van der Waals surface area contributed by atoms with Crippen molar-refractivity contribution < 1.29 is 9.59 Å². The summed E-state index contributed by atoms with van der Waals surface area (Å²) in [5.74, 6) is -0.501. The Morgan fingerprint density at radius 3 is 2.49 bits per heavy atom. The number of anilines is 1. The molecule has 8 heteroatoms. The summed E-state index contributed by atoms with van der Waals surface area (Å²) in [7, 11) is 0. The zero-order chi connectivity index (χ0) is 24.6. The van der Waals surface area contributed by atoms with Crippen LogP contribution in [-0.4, -0.2) is 27.1 Å². The van der Waals surface area contributed by atoms with Crippen LogP contribution in [0.25, 0.3) is 10.6 Å².